The second kappa shape index (κ2) is 9.34. The van der Waals surface area contributed by atoms with Gasteiger partial charge in [0.15, 0.2) is 9.84 Å². The Morgan fingerprint density at radius 3 is 2.39 bits per heavy atom. The topological polar surface area (TPSA) is 77.4 Å². The number of ether oxygens (including phenoxy) is 1. The molecule has 1 aromatic heterocycles. The fraction of sp³-hybridized carbons (Fsp3) is 0.192. The van der Waals surface area contributed by atoms with E-state index in [0.717, 1.165) is 16.5 Å². The maximum Gasteiger partial charge on any atom is 0.387 e. The number of rotatable bonds is 6. The minimum Gasteiger partial charge on any atom is -0.435 e. The quantitative estimate of drug-likeness (QED) is 0.395. The van der Waals surface area contributed by atoms with Gasteiger partial charge < -0.3 is 14.6 Å². The molecule has 1 N–H and O–H groups in total. The van der Waals surface area contributed by atoms with Crippen LogP contribution in [0.2, 0.25) is 0 Å². The Bertz CT molecular complexity index is 1530. The van der Waals surface area contributed by atoms with E-state index in [4.69, 9.17) is 0 Å². The summed E-state index contributed by atoms with van der Waals surface area (Å²) in [4.78, 5) is 12.9. The molecule has 1 saturated heterocycles. The number of nitrogens with one attached hydrogen (secondary N) is 1. The molecule has 0 saturated carbocycles. The van der Waals surface area contributed by atoms with Crippen molar-refractivity contribution in [2.45, 2.75) is 19.1 Å². The zero-order valence-electron chi connectivity index (χ0n) is 18.8. The number of halogens is 3. The number of sulfone groups is 1. The van der Waals surface area contributed by atoms with Gasteiger partial charge in [-0.15, -0.1) is 0 Å². The van der Waals surface area contributed by atoms with E-state index in [1.165, 1.54) is 24.3 Å². The summed E-state index contributed by atoms with van der Waals surface area (Å²) < 4.78 is 68.3. The first-order valence-corrected chi connectivity index (χ1v) is 13.0. The lowest BCUT2D eigenvalue weighted by Crippen LogP contribution is -2.35. The second-order valence-electron chi connectivity index (χ2n) is 8.60. The lowest BCUT2D eigenvalue weighted by atomic mass is 10.0. The molecular weight excluding hydrogens is 493 g/mol. The van der Waals surface area contributed by atoms with Crippen molar-refractivity contribution < 1.29 is 31.1 Å². The van der Waals surface area contributed by atoms with Crippen LogP contribution in [0.5, 0.6) is 5.75 Å². The molecule has 1 fully saturated rings. The molecule has 2 heterocycles. The molecular formula is C26H21F3N2O4S. The minimum absolute atomic E-state index is 0.0314. The zero-order chi connectivity index (χ0) is 25.4. The summed E-state index contributed by atoms with van der Waals surface area (Å²) in [6.45, 7) is -2.93. The highest BCUT2D eigenvalue weighted by atomic mass is 32.2. The van der Waals surface area contributed by atoms with E-state index in [1.54, 1.807) is 42.5 Å². The number of nitrogens with zero attached hydrogens (tertiary/aromatic N) is 1. The summed E-state index contributed by atoms with van der Waals surface area (Å²) in [5, 5.41) is 3.57. The number of benzene rings is 3. The third-order valence-electron chi connectivity index (χ3n) is 6.13. The molecule has 1 unspecified atom stereocenters. The monoisotopic (exact) mass is 514 g/mol. The van der Waals surface area contributed by atoms with Crippen LogP contribution in [-0.2, 0) is 9.84 Å². The lowest BCUT2D eigenvalue weighted by Gasteiger charge is -2.12. The van der Waals surface area contributed by atoms with E-state index in [9.17, 15) is 26.4 Å². The number of amides is 1. The summed E-state index contributed by atoms with van der Waals surface area (Å²) in [5.74, 6) is -0.779. The van der Waals surface area contributed by atoms with Gasteiger partial charge in [0, 0.05) is 34.4 Å². The van der Waals surface area contributed by atoms with Crippen LogP contribution in [0.1, 0.15) is 16.8 Å². The first-order valence-electron chi connectivity index (χ1n) is 11.2. The number of carbonyl (C=O) groups is 1. The zero-order valence-corrected chi connectivity index (χ0v) is 19.6. The van der Waals surface area contributed by atoms with Gasteiger partial charge in [0.05, 0.1) is 17.0 Å². The Hall–Kier alpha value is -3.79. The van der Waals surface area contributed by atoms with E-state index < -0.39 is 28.3 Å². The van der Waals surface area contributed by atoms with Crippen molar-refractivity contribution in [3.05, 3.63) is 84.3 Å². The Kier molecular flexibility index (Phi) is 6.21. The normalized spacial score (nSPS) is 16.9. The summed E-state index contributed by atoms with van der Waals surface area (Å²) in [7, 11) is -3.14. The van der Waals surface area contributed by atoms with Gasteiger partial charge in [-0.1, -0.05) is 18.2 Å². The van der Waals surface area contributed by atoms with E-state index in [1.807, 2.05) is 10.8 Å². The van der Waals surface area contributed by atoms with Crippen LogP contribution in [0, 0.1) is 5.82 Å². The van der Waals surface area contributed by atoms with Gasteiger partial charge in [-0.25, -0.2) is 12.8 Å². The maximum atomic E-state index is 13.6. The highest BCUT2D eigenvalue weighted by molar-refractivity contribution is 7.91. The van der Waals surface area contributed by atoms with Crippen molar-refractivity contribution in [2.24, 2.45) is 0 Å². The van der Waals surface area contributed by atoms with Gasteiger partial charge in [0.1, 0.15) is 11.6 Å². The number of fused-ring (bicyclic) bond motifs is 1. The summed E-state index contributed by atoms with van der Waals surface area (Å²) >= 11 is 0. The number of carbonyl (C=O) groups excluding carboxylic acids is 1. The Labute approximate surface area is 205 Å². The first-order chi connectivity index (χ1) is 17.2. The standard InChI is InChI=1S/C26H21F3N2O4S/c27-18-4-6-20(7-5-18)31-14-23(16-1-8-21(9-2-16)35-26(28)29)22-10-3-17(13-24(22)31)25(32)30-19-11-12-36(33,34)15-19/h1-10,13-14,19,26H,11-12,15H2,(H,30,32). The van der Waals surface area contributed by atoms with Gasteiger partial charge >= 0.3 is 6.61 Å². The summed E-state index contributed by atoms with van der Waals surface area (Å²) in [5.41, 5.74) is 3.17. The summed E-state index contributed by atoms with van der Waals surface area (Å²) in [6, 6.07) is 16.7. The van der Waals surface area contributed by atoms with E-state index in [2.05, 4.69) is 10.1 Å². The van der Waals surface area contributed by atoms with E-state index in [0.29, 0.717) is 23.2 Å². The van der Waals surface area contributed by atoms with Crippen LogP contribution in [0.3, 0.4) is 0 Å². The molecule has 1 amide bonds. The Balaban J connectivity index is 1.55. The van der Waals surface area contributed by atoms with Crippen molar-refractivity contribution >= 4 is 26.6 Å². The summed E-state index contributed by atoms with van der Waals surface area (Å²) in [6.07, 6.45) is 2.20. The molecule has 0 radical (unpaired) electrons. The molecule has 3 aromatic carbocycles. The largest absolute Gasteiger partial charge is 0.435 e. The number of alkyl halides is 2. The van der Waals surface area contributed by atoms with Gasteiger partial charge in [0.25, 0.3) is 5.91 Å². The fourth-order valence-electron chi connectivity index (χ4n) is 4.41. The van der Waals surface area contributed by atoms with Crippen LogP contribution >= 0.6 is 0 Å². The number of hydrogen-bond acceptors (Lipinski definition) is 4. The molecule has 0 aliphatic carbocycles. The number of aromatic nitrogens is 1. The smallest absolute Gasteiger partial charge is 0.387 e. The minimum atomic E-state index is -3.14. The number of hydrogen-bond donors (Lipinski definition) is 1. The van der Waals surface area contributed by atoms with Crippen molar-refractivity contribution in [1.29, 1.82) is 0 Å². The van der Waals surface area contributed by atoms with Crippen molar-refractivity contribution in [2.75, 3.05) is 11.5 Å². The van der Waals surface area contributed by atoms with Crippen molar-refractivity contribution in [1.82, 2.24) is 9.88 Å². The molecule has 6 nitrogen and oxygen atoms in total. The Morgan fingerprint density at radius 2 is 1.75 bits per heavy atom. The Morgan fingerprint density at radius 1 is 1.03 bits per heavy atom. The van der Waals surface area contributed by atoms with Crippen molar-refractivity contribution in [3.63, 3.8) is 0 Å². The molecule has 10 heteroatoms. The average molecular weight is 515 g/mol. The third-order valence-corrected chi connectivity index (χ3v) is 7.90. The molecule has 5 rings (SSSR count). The molecule has 0 spiro atoms. The van der Waals surface area contributed by atoms with Gasteiger partial charge in [-0.2, -0.15) is 8.78 Å². The SMILES string of the molecule is O=C(NC1CCS(=O)(=O)C1)c1ccc2c(-c3ccc(OC(F)F)cc3)cn(-c3ccc(F)cc3)c2c1. The molecule has 186 valence electrons. The second-order valence-corrected chi connectivity index (χ2v) is 10.8. The molecule has 0 bridgehead atoms. The van der Waals surface area contributed by atoms with E-state index in [-0.39, 0.29) is 23.2 Å². The molecule has 1 aliphatic heterocycles. The average Bonchev–Trinajstić information content (AvgIpc) is 3.38. The van der Waals surface area contributed by atoms with Crippen LogP contribution in [0.25, 0.3) is 27.7 Å². The highest BCUT2D eigenvalue weighted by Crippen LogP contribution is 2.34. The molecule has 4 aromatic rings. The maximum absolute atomic E-state index is 13.6. The predicted molar refractivity (Wildman–Crippen MR) is 130 cm³/mol. The molecule has 1 atom stereocenters. The third kappa shape index (κ3) is 4.94. The predicted octanol–water partition coefficient (Wildman–Crippen LogP) is 4.95. The van der Waals surface area contributed by atoms with Crippen LogP contribution in [-0.4, -0.2) is 43.1 Å². The van der Waals surface area contributed by atoms with Crippen LogP contribution < -0.4 is 10.1 Å². The van der Waals surface area contributed by atoms with Gasteiger partial charge in [-0.05, 0) is 60.5 Å². The fourth-order valence-corrected chi connectivity index (χ4v) is 6.08. The van der Waals surface area contributed by atoms with Gasteiger partial charge in [-0.3, -0.25) is 4.79 Å². The van der Waals surface area contributed by atoms with Gasteiger partial charge in [0.2, 0.25) is 0 Å². The van der Waals surface area contributed by atoms with Crippen LogP contribution in [0.4, 0.5) is 13.2 Å². The van der Waals surface area contributed by atoms with Crippen molar-refractivity contribution in [3.8, 4) is 22.6 Å². The highest BCUT2D eigenvalue weighted by Gasteiger charge is 2.29. The van der Waals surface area contributed by atoms with E-state index >= 15 is 0 Å². The molecule has 1 aliphatic rings. The lowest BCUT2D eigenvalue weighted by molar-refractivity contribution is -0.0498. The molecule has 36 heavy (non-hydrogen) atoms. The van der Waals surface area contributed by atoms with Crippen LogP contribution in [0.15, 0.2) is 72.9 Å². The first kappa shape index (κ1) is 23.9.